The number of esters is 1. The Bertz CT molecular complexity index is 1040. The highest BCUT2D eigenvalue weighted by Crippen LogP contribution is 2.52. The molecule has 2 saturated heterocycles. The van der Waals surface area contributed by atoms with E-state index in [0.717, 1.165) is 56.0 Å². The van der Waals surface area contributed by atoms with E-state index >= 15 is 0 Å². The second-order valence-electron chi connectivity index (χ2n) is 10.0. The van der Waals surface area contributed by atoms with Crippen molar-refractivity contribution in [3.8, 4) is 0 Å². The van der Waals surface area contributed by atoms with Crippen LogP contribution in [0.2, 0.25) is 0 Å². The predicted octanol–water partition coefficient (Wildman–Crippen LogP) is 3.49. The molecule has 2 aromatic rings. The first-order chi connectivity index (χ1) is 16.5. The fourth-order valence-corrected chi connectivity index (χ4v) is 5.68. The first kappa shape index (κ1) is 22.8. The molecule has 2 unspecified atom stereocenters. The van der Waals surface area contributed by atoms with Gasteiger partial charge in [-0.05, 0) is 42.5 Å². The number of fused-ring (bicyclic) bond motifs is 1. The van der Waals surface area contributed by atoms with Crippen LogP contribution in [-0.2, 0) is 27.3 Å². The van der Waals surface area contributed by atoms with Crippen molar-refractivity contribution in [3.63, 3.8) is 0 Å². The largest absolute Gasteiger partial charge is 0.465 e. The fraction of sp³-hybridized carbons (Fsp3) is 0.429. The smallest absolute Gasteiger partial charge is 0.313 e. The maximum absolute atomic E-state index is 12.6. The van der Waals surface area contributed by atoms with Crippen LogP contribution in [0.25, 0.3) is 0 Å². The summed E-state index contributed by atoms with van der Waals surface area (Å²) in [6, 6.07) is 18.4. The third kappa shape index (κ3) is 4.93. The molecule has 1 saturated carbocycles. The average Bonchev–Trinajstić information content (AvgIpc) is 3.30. The number of carbonyl (C=O) groups excluding carboxylic acids is 2. The van der Waals surface area contributed by atoms with E-state index in [-0.39, 0.29) is 17.8 Å². The lowest BCUT2D eigenvalue weighted by molar-refractivity contribution is -0.146. The Morgan fingerprint density at radius 1 is 1.00 bits per heavy atom. The van der Waals surface area contributed by atoms with Gasteiger partial charge in [-0.1, -0.05) is 54.6 Å². The van der Waals surface area contributed by atoms with Gasteiger partial charge in [-0.25, -0.2) is 0 Å². The summed E-state index contributed by atoms with van der Waals surface area (Å²) in [4.78, 5) is 29.8. The molecular formula is C28H33N3O3. The van der Waals surface area contributed by atoms with Crippen LogP contribution in [0.15, 0.2) is 66.7 Å². The van der Waals surface area contributed by atoms with Crippen LogP contribution in [0.5, 0.6) is 0 Å². The second kappa shape index (κ2) is 9.72. The van der Waals surface area contributed by atoms with Crippen LogP contribution >= 0.6 is 0 Å². The number of nitrogens with one attached hydrogen (secondary N) is 1. The molecule has 2 atom stereocenters. The SMILES string of the molecule is C=C1CC2COC(=O)C2(Cc2ccc(NC(=O)CN3CCN(Cc4ccccc4)CC3)cc2)C1. The number of piperazine rings is 1. The van der Waals surface area contributed by atoms with Gasteiger partial charge in [-0.2, -0.15) is 0 Å². The van der Waals surface area contributed by atoms with Gasteiger partial charge in [0.15, 0.2) is 0 Å². The summed E-state index contributed by atoms with van der Waals surface area (Å²) in [6.45, 7) is 9.70. The van der Waals surface area contributed by atoms with Crippen LogP contribution in [0.3, 0.4) is 0 Å². The topological polar surface area (TPSA) is 61.9 Å². The molecule has 1 aliphatic carbocycles. The fourth-order valence-electron chi connectivity index (χ4n) is 5.68. The third-order valence-corrected chi connectivity index (χ3v) is 7.54. The molecule has 2 aromatic carbocycles. The van der Waals surface area contributed by atoms with Gasteiger partial charge in [0.05, 0.1) is 18.6 Å². The molecule has 5 rings (SSSR count). The molecule has 3 aliphatic rings. The molecule has 2 aliphatic heterocycles. The molecule has 0 bridgehead atoms. The monoisotopic (exact) mass is 459 g/mol. The third-order valence-electron chi connectivity index (χ3n) is 7.54. The molecule has 2 heterocycles. The van der Waals surface area contributed by atoms with Gasteiger partial charge in [0.2, 0.25) is 5.91 Å². The standard InChI is InChI=1S/C28H33N3O3/c1-21-15-24-20-34-27(33)28(24,16-21)17-22-7-9-25(10-8-22)29-26(32)19-31-13-11-30(12-14-31)18-23-5-3-2-4-6-23/h2-10,24H,1,11-20H2,(H,29,32). The minimum atomic E-state index is -0.454. The van der Waals surface area contributed by atoms with Crippen LogP contribution < -0.4 is 5.32 Å². The Balaban J connectivity index is 1.09. The first-order valence-corrected chi connectivity index (χ1v) is 12.2. The van der Waals surface area contributed by atoms with E-state index in [0.29, 0.717) is 26.0 Å². The van der Waals surface area contributed by atoms with Crippen molar-refractivity contribution >= 4 is 17.6 Å². The van der Waals surface area contributed by atoms with E-state index in [9.17, 15) is 9.59 Å². The Kier molecular flexibility index (Phi) is 6.53. The maximum Gasteiger partial charge on any atom is 0.313 e. The van der Waals surface area contributed by atoms with E-state index in [1.54, 1.807) is 0 Å². The zero-order valence-electron chi connectivity index (χ0n) is 19.7. The van der Waals surface area contributed by atoms with Gasteiger partial charge in [0.1, 0.15) is 0 Å². The number of hydrogen-bond acceptors (Lipinski definition) is 5. The van der Waals surface area contributed by atoms with Gasteiger partial charge in [-0.3, -0.25) is 19.4 Å². The summed E-state index contributed by atoms with van der Waals surface area (Å²) in [5.41, 5.74) is 3.90. The summed E-state index contributed by atoms with van der Waals surface area (Å²) >= 11 is 0. The molecule has 0 radical (unpaired) electrons. The normalized spacial score (nSPS) is 25.2. The zero-order valence-corrected chi connectivity index (χ0v) is 19.7. The second-order valence-corrected chi connectivity index (χ2v) is 10.0. The van der Waals surface area contributed by atoms with E-state index in [1.807, 2.05) is 30.3 Å². The van der Waals surface area contributed by atoms with Crippen molar-refractivity contribution in [2.24, 2.45) is 11.3 Å². The van der Waals surface area contributed by atoms with Crippen LogP contribution in [0, 0.1) is 11.3 Å². The number of hydrogen-bond donors (Lipinski definition) is 1. The lowest BCUT2D eigenvalue weighted by Crippen LogP contribution is -2.48. The van der Waals surface area contributed by atoms with Crippen LogP contribution in [0.4, 0.5) is 5.69 Å². The summed E-state index contributed by atoms with van der Waals surface area (Å²) in [6.07, 6.45) is 2.25. The molecule has 1 amide bonds. The molecule has 6 nitrogen and oxygen atoms in total. The number of anilines is 1. The summed E-state index contributed by atoms with van der Waals surface area (Å²) in [5, 5.41) is 3.02. The van der Waals surface area contributed by atoms with Gasteiger partial charge in [0, 0.05) is 44.3 Å². The number of cyclic esters (lactones) is 1. The van der Waals surface area contributed by atoms with E-state index in [1.165, 1.54) is 5.56 Å². The van der Waals surface area contributed by atoms with Crippen molar-refractivity contribution in [2.75, 3.05) is 44.6 Å². The Morgan fingerprint density at radius 3 is 2.44 bits per heavy atom. The van der Waals surface area contributed by atoms with Crippen molar-refractivity contribution in [3.05, 3.63) is 77.9 Å². The molecule has 178 valence electrons. The lowest BCUT2D eigenvalue weighted by atomic mass is 9.75. The van der Waals surface area contributed by atoms with Gasteiger partial charge >= 0.3 is 5.97 Å². The van der Waals surface area contributed by atoms with Crippen LogP contribution in [0.1, 0.15) is 24.0 Å². The molecule has 0 spiro atoms. The summed E-state index contributed by atoms with van der Waals surface area (Å²) < 4.78 is 5.38. The molecule has 0 aromatic heterocycles. The number of amides is 1. The van der Waals surface area contributed by atoms with E-state index < -0.39 is 5.41 Å². The van der Waals surface area contributed by atoms with Gasteiger partial charge < -0.3 is 10.1 Å². The average molecular weight is 460 g/mol. The number of rotatable bonds is 7. The van der Waals surface area contributed by atoms with Gasteiger partial charge in [0.25, 0.3) is 0 Å². The molecule has 1 N–H and O–H groups in total. The quantitative estimate of drug-likeness (QED) is 0.507. The minimum absolute atomic E-state index is 0.00869. The van der Waals surface area contributed by atoms with Crippen molar-refractivity contribution in [2.45, 2.75) is 25.8 Å². The Hall–Kier alpha value is -2.96. The number of ether oxygens (including phenoxy) is 1. The molecule has 6 heteroatoms. The highest BCUT2D eigenvalue weighted by molar-refractivity contribution is 5.92. The van der Waals surface area contributed by atoms with E-state index in [2.05, 4.69) is 46.0 Å². The highest BCUT2D eigenvalue weighted by atomic mass is 16.5. The summed E-state index contributed by atoms with van der Waals surface area (Å²) in [7, 11) is 0. The molecular weight excluding hydrogens is 426 g/mol. The van der Waals surface area contributed by atoms with Crippen molar-refractivity contribution in [1.29, 1.82) is 0 Å². The molecule has 3 fully saturated rings. The highest BCUT2D eigenvalue weighted by Gasteiger charge is 2.55. The number of allylic oxidation sites excluding steroid dienone is 1. The Labute approximate surface area is 201 Å². The van der Waals surface area contributed by atoms with Gasteiger partial charge in [-0.15, -0.1) is 0 Å². The maximum atomic E-state index is 12.6. The van der Waals surface area contributed by atoms with E-state index in [4.69, 9.17) is 4.74 Å². The minimum Gasteiger partial charge on any atom is -0.465 e. The van der Waals surface area contributed by atoms with Crippen molar-refractivity contribution < 1.29 is 14.3 Å². The zero-order chi connectivity index (χ0) is 23.5. The number of carbonyl (C=O) groups is 2. The summed E-state index contributed by atoms with van der Waals surface area (Å²) in [5.74, 6) is 0.159. The number of benzene rings is 2. The lowest BCUT2D eigenvalue weighted by Gasteiger charge is -2.34. The molecule has 34 heavy (non-hydrogen) atoms. The Morgan fingerprint density at radius 2 is 1.71 bits per heavy atom. The van der Waals surface area contributed by atoms with Crippen LogP contribution in [-0.4, -0.2) is 61.0 Å². The predicted molar refractivity (Wildman–Crippen MR) is 132 cm³/mol. The number of nitrogens with zero attached hydrogens (tertiary/aromatic N) is 2. The first-order valence-electron chi connectivity index (χ1n) is 12.2. The van der Waals surface area contributed by atoms with Crippen molar-refractivity contribution in [1.82, 2.24) is 9.80 Å².